The number of rotatable bonds is 4. The SMILES string of the molecule is O=S(=O)(O)c1c(C(F)(F)F)cc2c(c1-c1ccc(Oc3cncc(F)c3)c3c1[C@H](O)C(F)(F)C3)Cc1ccccc1-2. The molecule has 2 aliphatic carbocycles. The Balaban J connectivity index is 1.69. The minimum absolute atomic E-state index is 0.00878. The van der Waals surface area contributed by atoms with Crippen molar-refractivity contribution in [3.63, 3.8) is 0 Å². The molecule has 0 unspecified atom stereocenters. The molecule has 41 heavy (non-hydrogen) atoms. The number of aliphatic hydroxyl groups excluding tert-OH is 1. The van der Waals surface area contributed by atoms with Gasteiger partial charge in [-0.15, -0.1) is 0 Å². The zero-order valence-corrected chi connectivity index (χ0v) is 21.3. The van der Waals surface area contributed by atoms with E-state index in [2.05, 4.69) is 4.98 Å². The Morgan fingerprint density at radius 3 is 2.39 bits per heavy atom. The highest BCUT2D eigenvalue weighted by atomic mass is 32.2. The number of nitrogens with zero attached hydrogens (tertiary/aromatic N) is 1. The van der Waals surface area contributed by atoms with Gasteiger partial charge in [0.1, 0.15) is 28.3 Å². The largest absolute Gasteiger partial charge is 0.455 e. The van der Waals surface area contributed by atoms with E-state index in [1.165, 1.54) is 6.07 Å². The molecule has 0 saturated heterocycles. The van der Waals surface area contributed by atoms with Crippen LogP contribution in [0.2, 0.25) is 0 Å². The van der Waals surface area contributed by atoms with E-state index in [9.17, 15) is 44.4 Å². The van der Waals surface area contributed by atoms with Crippen LogP contribution in [0.3, 0.4) is 0 Å². The number of ether oxygens (including phenoxy) is 1. The molecule has 0 amide bonds. The fourth-order valence-electron chi connectivity index (χ4n) is 5.59. The van der Waals surface area contributed by atoms with Crippen LogP contribution in [0.1, 0.15) is 33.9 Å². The number of aromatic nitrogens is 1. The predicted molar refractivity (Wildman–Crippen MR) is 133 cm³/mol. The molecular formula is C28H17F6NO5S. The van der Waals surface area contributed by atoms with Crippen molar-refractivity contribution in [2.75, 3.05) is 0 Å². The highest BCUT2D eigenvalue weighted by molar-refractivity contribution is 7.86. The normalized spacial score (nSPS) is 17.2. The molecule has 13 heteroatoms. The molecule has 0 spiro atoms. The van der Waals surface area contributed by atoms with E-state index >= 15 is 0 Å². The van der Waals surface area contributed by atoms with Crippen LogP contribution in [-0.4, -0.2) is 29.0 Å². The summed E-state index contributed by atoms with van der Waals surface area (Å²) in [6.45, 7) is 0. The number of benzene rings is 3. The molecule has 0 radical (unpaired) electrons. The lowest BCUT2D eigenvalue weighted by molar-refractivity contribution is -0.139. The summed E-state index contributed by atoms with van der Waals surface area (Å²) in [5.41, 5.74) is -2.72. The fraction of sp³-hybridized carbons (Fsp3) is 0.179. The molecule has 4 aromatic rings. The number of aliphatic hydroxyl groups is 1. The summed E-state index contributed by atoms with van der Waals surface area (Å²) in [5.74, 6) is -5.06. The zero-order valence-electron chi connectivity index (χ0n) is 20.5. The Kier molecular flexibility index (Phi) is 6.00. The summed E-state index contributed by atoms with van der Waals surface area (Å²) < 4.78 is 127. The first-order chi connectivity index (χ1) is 19.2. The van der Waals surface area contributed by atoms with Crippen LogP contribution in [0, 0.1) is 5.82 Å². The topological polar surface area (TPSA) is 96.7 Å². The van der Waals surface area contributed by atoms with Gasteiger partial charge in [-0.05, 0) is 46.4 Å². The third kappa shape index (κ3) is 4.44. The van der Waals surface area contributed by atoms with Crippen molar-refractivity contribution in [3.8, 4) is 33.8 Å². The number of hydrogen-bond acceptors (Lipinski definition) is 5. The van der Waals surface area contributed by atoms with Crippen molar-refractivity contribution in [2.24, 2.45) is 0 Å². The molecule has 2 aliphatic rings. The van der Waals surface area contributed by atoms with Gasteiger partial charge >= 0.3 is 6.18 Å². The van der Waals surface area contributed by atoms with E-state index in [1.807, 2.05) is 0 Å². The van der Waals surface area contributed by atoms with Crippen molar-refractivity contribution in [1.82, 2.24) is 4.98 Å². The summed E-state index contributed by atoms with van der Waals surface area (Å²) in [6.07, 6.45) is -7.05. The fourth-order valence-corrected chi connectivity index (χ4v) is 6.53. The van der Waals surface area contributed by atoms with Gasteiger partial charge in [-0.25, -0.2) is 13.2 Å². The van der Waals surface area contributed by atoms with Crippen molar-refractivity contribution in [2.45, 2.75) is 35.9 Å². The summed E-state index contributed by atoms with van der Waals surface area (Å²) >= 11 is 0. The molecule has 1 atom stereocenters. The zero-order chi connectivity index (χ0) is 29.5. The van der Waals surface area contributed by atoms with E-state index in [0.717, 1.165) is 30.6 Å². The van der Waals surface area contributed by atoms with Crippen molar-refractivity contribution in [1.29, 1.82) is 0 Å². The molecule has 3 aromatic carbocycles. The van der Waals surface area contributed by atoms with Crippen molar-refractivity contribution >= 4 is 10.1 Å². The molecule has 0 fully saturated rings. The van der Waals surface area contributed by atoms with E-state index in [1.54, 1.807) is 18.2 Å². The first kappa shape index (κ1) is 27.2. The highest BCUT2D eigenvalue weighted by Crippen LogP contribution is 2.55. The minimum atomic E-state index is -5.60. The van der Waals surface area contributed by atoms with Gasteiger partial charge in [-0.2, -0.15) is 21.6 Å². The summed E-state index contributed by atoms with van der Waals surface area (Å²) in [4.78, 5) is 2.10. The molecule has 212 valence electrons. The molecule has 6 nitrogen and oxygen atoms in total. The third-order valence-corrected chi connectivity index (χ3v) is 8.14. The van der Waals surface area contributed by atoms with Crippen LogP contribution in [0.25, 0.3) is 22.3 Å². The van der Waals surface area contributed by atoms with Gasteiger partial charge in [0.15, 0.2) is 0 Å². The third-order valence-electron chi connectivity index (χ3n) is 7.20. The maximum atomic E-state index is 15.0. The average Bonchev–Trinajstić information content (AvgIpc) is 3.37. The van der Waals surface area contributed by atoms with Gasteiger partial charge in [0.25, 0.3) is 16.0 Å². The van der Waals surface area contributed by atoms with Gasteiger partial charge in [0.2, 0.25) is 0 Å². The first-order valence-corrected chi connectivity index (χ1v) is 13.4. The van der Waals surface area contributed by atoms with E-state index in [4.69, 9.17) is 4.74 Å². The second-order valence-electron chi connectivity index (χ2n) is 9.75. The Morgan fingerprint density at radius 2 is 1.71 bits per heavy atom. The maximum absolute atomic E-state index is 15.0. The van der Waals surface area contributed by atoms with Gasteiger partial charge < -0.3 is 9.84 Å². The van der Waals surface area contributed by atoms with Crippen LogP contribution >= 0.6 is 0 Å². The maximum Gasteiger partial charge on any atom is 0.417 e. The molecular weight excluding hydrogens is 576 g/mol. The standard InChI is InChI=1S/C28H17F6NO5S/c29-14-8-15(12-35-11-14)40-22-6-5-17(24-20(22)10-27(30,31)26(24)36)23-19-7-13-3-1-2-4-16(13)18(19)9-21(28(32,33)34)25(23)41(37,38)39/h1-6,8-9,11-12,26,36H,7,10H2,(H,37,38,39)/t26-/m0/s1. The Hall–Kier alpha value is -3.94. The quantitative estimate of drug-likeness (QED) is 0.177. The number of hydrogen-bond donors (Lipinski definition) is 2. The van der Waals surface area contributed by atoms with Crippen molar-refractivity contribution < 1.29 is 49.2 Å². The molecule has 6 rings (SSSR count). The van der Waals surface area contributed by atoms with Gasteiger partial charge in [-0.1, -0.05) is 30.3 Å². The lowest BCUT2D eigenvalue weighted by Gasteiger charge is -2.23. The molecule has 0 bridgehead atoms. The Morgan fingerprint density at radius 1 is 0.976 bits per heavy atom. The Bertz CT molecular complexity index is 1860. The molecule has 0 saturated carbocycles. The van der Waals surface area contributed by atoms with Gasteiger partial charge in [0.05, 0.1) is 18.0 Å². The van der Waals surface area contributed by atoms with Crippen LogP contribution < -0.4 is 4.74 Å². The van der Waals surface area contributed by atoms with Crippen LogP contribution in [0.5, 0.6) is 11.5 Å². The molecule has 1 heterocycles. The number of halogens is 6. The number of fused-ring (bicyclic) bond motifs is 4. The van der Waals surface area contributed by atoms with Crippen molar-refractivity contribution in [3.05, 3.63) is 94.6 Å². The van der Waals surface area contributed by atoms with Crippen LogP contribution in [-0.2, 0) is 29.1 Å². The summed E-state index contributed by atoms with van der Waals surface area (Å²) in [5, 5.41) is 10.7. The smallest absolute Gasteiger partial charge is 0.417 e. The lowest BCUT2D eigenvalue weighted by atomic mass is 9.88. The molecule has 0 aliphatic heterocycles. The van der Waals surface area contributed by atoms with Crippen LogP contribution in [0.15, 0.2) is 65.8 Å². The second kappa shape index (κ2) is 9.03. The van der Waals surface area contributed by atoms with Gasteiger partial charge in [-0.3, -0.25) is 9.54 Å². The van der Waals surface area contributed by atoms with E-state index in [0.29, 0.717) is 17.2 Å². The highest BCUT2D eigenvalue weighted by Gasteiger charge is 2.51. The van der Waals surface area contributed by atoms with E-state index in [-0.39, 0.29) is 34.6 Å². The molecule has 2 N–H and O–H groups in total. The average molecular weight is 594 g/mol. The van der Waals surface area contributed by atoms with E-state index < -0.39 is 67.7 Å². The van der Waals surface area contributed by atoms with Crippen LogP contribution in [0.4, 0.5) is 26.3 Å². The number of pyridine rings is 1. The Labute approximate surface area is 228 Å². The minimum Gasteiger partial charge on any atom is -0.455 e. The second-order valence-corrected chi connectivity index (χ2v) is 11.1. The summed E-state index contributed by atoms with van der Waals surface area (Å²) in [6, 6.07) is 10.1. The predicted octanol–water partition coefficient (Wildman–Crippen LogP) is 6.74. The monoisotopic (exact) mass is 593 g/mol. The molecule has 1 aromatic heterocycles. The van der Waals surface area contributed by atoms with Gasteiger partial charge in [0, 0.05) is 29.2 Å². The summed E-state index contributed by atoms with van der Waals surface area (Å²) in [7, 11) is -5.60. The lowest BCUT2D eigenvalue weighted by Crippen LogP contribution is -2.22. The number of alkyl halides is 5. The first-order valence-electron chi connectivity index (χ1n) is 12.0.